The van der Waals surface area contributed by atoms with E-state index in [4.69, 9.17) is 0 Å². The highest BCUT2D eigenvalue weighted by atomic mass is 16.5. The lowest BCUT2D eigenvalue weighted by atomic mass is 10.2. The van der Waals surface area contributed by atoms with Crippen molar-refractivity contribution in [2.24, 2.45) is 0 Å². The van der Waals surface area contributed by atoms with Crippen LogP contribution in [-0.2, 0) is 0 Å². The Morgan fingerprint density at radius 2 is 2.22 bits per heavy atom. The highest BCUT2D eigenvalue weighted by Crippen LogP contribution is 2.13. The third-order valence-corrected chi connectivity index (χ3v) is 1.58. The largest absolute Gasteiger partial charge is 0.758 e. The highest BCUT2D eigenvalue weighted by molar-refractivity contribution is 5.26. The average molecular weight is 124 g/mol. The summed E-state index contributed by atoms with van der Waals surface area (Å²) in [6.07, 6.45) is 3.85. The van der Waals surface area contributed by atoms with Crippen LogP contribution in [0.25, 0.3) is 0 Å². The number of nitrogens with zero attached hydrogens (tertiary/aromatic N) is 1. The Bertz CT molecular complexity index is 170. The minimum atomic E-state index is 0.503. The van der Waals surface area contributed by atoms with Crippen molar-refractivity contribution in [3.8, 4) is 0 Å². The van der Waals surface area contributed by atoms with Gasteiger partial charge in [-0.3, -0.25) is 0 Å². The Morgan fingerprint density at radius 1 is 1.56 bits per heavy atom. The maximum atomic E-state index is 10.8. The molecule has 1 rings (SSSR count). The third kappa shape index (κ3) is 1.13. The van der Waals surface area contributed by atoms with Crippen molar-refractivity contribution in [3.63, 3.8) is 0 Å². The van der Waals surface area contributed by atoms with Gasteiger partial charge in [-0.2, -0.15) is 0 Å². The lowest BCUT2D eigenvalue weighted by Crippen LogP contribution is -2.17. The van der Waals surface area contributed by atoms with Crippen molar-refractivity contribution in [1.82, 2.24) is 5.06 Å². The molecule has 0 aromatic heterocycles. The van der Waals surface area contributed by atoms with Crippen LogP contribution in [0.5, 0.6) is 0 Å². The van der Waals surface area contributed by atoms with Gasteiger partial charge in [0.25, 0.3) is 0 Å². The molecule has 50 valence electrons. The van der Waals surface area contributed by atoms with E-state index in [-0.39, 0.29) is 0 Å². The molecular formula is C7H10NO-. The number of rotatable bonds is 0. The first-order valence-corrected chi connectivity index (χ1v) is 3.00. The standard InChI is InChI=1S/C7H10NO/c1-6-4-3-5-8(9)7(6)2/h3-4H,5H2,1-2H3/q-1. The summed E-state index contributed by atoms with van der Waals surface area (Å²) < 4.78 is 0. The molecule has 0 fully saturated rings. The van der Waals surface area contributed by atoms with Crippen LogP contribution in [0.3, 0.4) is 0 Å². The maximum absolute atomic E-state index is 10.8. The molecule has 0 saturated carbocycles. The molecule has 0 saturated heterocycles. The van der Waals surface area contributed by atoms with Gasteiger partial charge < -0.3 is 10.3 Å². The second-order valence-corrected chi connectivity index (χ2v) is 2.23. The fraction of sp³-hybridized carbons (Fsp3) is 0.429. The number of hydroxylamine groups is 2. The number of hydrogen-bond donors (Lipinski definition) is 0. The molecule has 0 aliphatic carbocycles. The molecule has 2 nitrogen and oxygen atoms in total. The number of allylic oxidation sites excluding steroid dienone is 3. The summed E-state index contributed by atoms with van der Waals surface area (Å²) in [7, 11) is 0. The fourth-order valence-corrected chi connectivity index (χ4v) is 0.779. The molecule has 0 N–H and O–H groups in total. The molecule has 9 heavy (non-hydrogen) atoms. The third-order valence-electron chi connectivity index (χ3n) is 1.58. The monoisotopic (exact) mass is 124 g/mol. The van der Waals surface area contributed by atoms with Crippen molar-refractivity contribution >= 4 is 0 Å². The molecule has 0 unspecified atom stereocenters. The molecule has 0 bridgehead atoms. The molecule has 1 aliphatic heterocycles. The van der Waals surface area contributed by atoms with Crippen LogP contribution >= 0.6 is 0 Å². The van der Waals surface area contributed by atoms with Crippen molar-refractivity contribution < 1.29 is 0 Å². The van der Waals surface area contributed by atoms with Crippen LogP contribution < -0.4 is 0 Å². The SMILES string of the molecule is CC1=C(C)N([O-])CC=C1. The summed E-state index contributed by atoms with van der Waals surface area (Å²) in [6, 6.07) is 0. The first-order chi connectivity index (χ1) is 4.22. The predicted octanol–water partition coefficient (Wildman–Crippen LogP) is 1.65. The van der Waals surface area contributed by atoms with Gasteiger partial charge in [0.2, 0.25) is 0 Å². The van der Waals surface area contributed by atoms with Crippen LogP contribution in [0, 0.1) is 5.21 Å². The van der Waals surface area contributed by atoms with Crippen LogP contribution in [-0.4, -0.2) is 11.6 Å². The summed E-state index contributed by atoms with van der Waals surface area (Å²) >= 11 is 0. The lowest BCUT2D eigenvalue weighted by molar-refractivity contribution is 0.508. The Labute approximate surface area is 55.1 Å². The lowest BCUT2D eigenvalue weighted by Gasteiger charge is -2.33. The predicted molar refractivity (Wildman–Crippen MR) is 37.6 cm³/mol. The Morgan fingerprint density at radius 3 is 2.67 bits per heavy atom. The van der Waals surface area contributed by atoms with Gasteiger partial charge in [0.1, 0.15) is 0 Å². The Hall–Kier alpha value is -0.760. The molecule has 0 aromatic rings. The zero-order chi connectivity index (χ0) is 6.85. The molecule has 0 atom stereocenters. The van der Waals surface area contributed by atoms with E-state index in [2.05, 4.69) is 0 Å². The molecular weight excluding hydrogens is 114 g/mol. The van der Waals surface area contributed by atoms with Gasteiger partial charge in [0.05, 0.1) is 0 Å². The smallest absolute Gasteiger partial charge is 0.0245 e. The first-order valence-electron chi connectivity index (χ1n) is 3.00. The van der Waals surface area contributed by atoms with Gasteiger partial charge in [-0.05, 0) is 19.4 Å². The van der Waals surface area contributed by atoms with E-state index in [1.165, 1.54) is 0 Å². The maximum Gasteiger partial charge on any atom is 0.0245 e. The summed E-state index contributed by atoms with van der Waals surface area (Å²) in [5.41, 5.74) is 1.90. The van der Waals surface area contributed by atoms with Crippen molar-refractivity contribution in [2.45, 2.75) is 13.8 Å². The van der Waals surface area contributed by atoms with E-state index < -0.39 is 0 Å². The van der Waals surface area contributed by atoms with Crippen molar-refractivity contribution in [1.29, 1.82) is 0 Å². The van der Waals surface area contributed by atoms with Gasteiger partial charge in [-0.15, -0.1) is 0 Å². The van der Waals surface area contributed by atoms with E-state index in [9.17, 15) is 5.21 Å². The van der Waals surface area contributed by atoms with Crippen molar-refractivity contribution in [3.05, 3.63) is 28.6 Å². The summed E-state index contributed by atoms with van der Waals surface area (Å²) in [5.74, 6) is 0. The zero-order valence-corrected chi connectivity index (χ0v) is 5.72. The topological polar surface area (TPSA) is 26.3 Å². The fourth-order valence-electron chi connectivity index (χ4n) is 0.779. The van der Waals surface area contributed by atoms with Gasteiger partial charge in [0.15, 0.2) is 0 Å². The zero-order valence-electron chi connectivity index (χ0n) is 5.72. The minimum Gasteiger partial charge on any atom is -0.758 e. The summed E-state index contributed by atoms with van der Waals surface area (Å²) in [4.78, 5) is 0. The molecule has 0 spiro atoms. The van der Waals surface area contributed by atoms with Gasteiger partial charge >= 0.3 is 0 Å². The van der Waals surface area contributed by atoms with Crippen LogP contribution in [0.4, 0.5) is 0 Å². The minimum absolute atomic E-state index is 0.503. The molecule has 2 heteroatoms. The summed E-state index contributed by atoms with van der Waals surface area (Å²) in [6.45, 7) is 4.28. The van der Waals surface area contributed by atoms with E-state index in [1.54, 1.807) is 0 Å². The van der Waals surface area contributed by atoms with Crippen LogP contribution in [0.2, 0.25) is 0 Å². The van der Waals surface area contributed by atoms with Gasteiger partial charge in [-0.1, -0.05) is 12.2 Å². The second-order valence-electron chi connectivity index (χ2n) is 2.23. The quantitative estimate of drug-likeness (QED) is 0.490. The van der Waals surface area contributed by atoms with E-state index in [1.807, 2.05) is 26.0 Å². The van der Waals surface area contributed by atoms with Gasteiger partial charge in [-0.25, -0.2) is 0 Å². The molecule has 0 aromatic carbocycles. The van der Waals surface area contributed by atoms with Crippen LogP contribution in [0.15, 0.2) is 23.4 Å². The number of hydrogen-bond acceptors (Lipinski definition) is 2. The molecule has 0 radical (unpaired) electrons. The average Bonchev–Trinajstić information content (AvgIpc) is 1.83. The molecule has 0 amide bonds. The van der Waals surface area contributed by atoms with Gasteiger partial charge in [0, 0.05) is 12.2 Å². The Balaban J connectivity index is 2.83. The second kappa shape index (κ2) is 2.23. The highest BCUT2D eigenvalue weighted by Gasteiger charge is 1.98. The normalized spacial score (nSPS) is 19.2. The first kappa shape index (κ1) is 6.36. The van der Waals surface area contributed by atoms with Crippen molar-refractivity contribution in [2.75, 3.05) is 6.54 Å². The van der Waals surface area contributed by atoms with E-state index in [0.717, 1.165) is 16.3 Å². The molecule has 1 heterocycles. The molecule has 1 aliphatic rings. The summed E-state index contributed by atoms with van der Waals surface area (Å²) in [5, 5.41) is 11.8. The van der Waals surface area contributed by atoms with E-state index >= 15 is 0 Å². The van der Waals surface area contributed by atoms with Crippen LogP contribution in [0.1, 0.15) is 13.8 Å². The Kier molecular flexibility index (Phi) is 1.58. The van der Waals surface area contributed by atoms with E-state index in [0.29, 0.717) is 6.54 Å².